The van der Waals surface area contributed by atoms with Gasteiger partial charge in [-0.3, -0.25) is 9.69 Å². The number of hydrogen-bond donors (Lipinski definition) is 1. The predicted molar refractivity (Wildman–Crippen MR) is 136 cm³/mol. The van der Waals surface area contributed by atoms with Crippen molar-refractivity contribution in [2.75, 3.05) is 25.6 Å². The summed E-state index contributed by atoms with van der Waals surface area (Å²) in [5.41, 5.74) is 3.70. The van der Waals surface area contributed by atoms with E-state index in [0.29, 0.717) is 23.7 Å². The van der Waals surface area contributed by atoms with Crippen LogP contribution in [0.2, 0.25) is 5.02 Å². The molecule has 0 radical (unpaired) electrons. The van der Waals surface area contributed by atoms with Gasteiger partial charge in [0.2, 0.25) is 5.91 Å². The first-order chi connectivity index (χ1) is 15.8. The summed E-state index contributed by atoms with van der Waals surface area (Å²) in [7, 11) is 1.69. The summed E-state index contributed by atoms with van der Waals surface area (Å²) in [6, 6.07) is 12.4. The molecule has 2 aromatic rings. The van der Waals surface area contributed by atoms with Crippen LogP contribution in [0, 0.1) is 0 Å². The maximum Gasteiger partial charge on any atom is 0.228 e. The predicted octanol–water partition coefficient (Wildman–Crippen LogP) is 6.20. The van der Waals surface area contributed by atoms with Gasteiger partial charge < -0.3 is 14.8 Å². The molecule has 0 fully saturated rings. The van der Waals surface area contributed by atoms with Crippen molar-refractivity contribution < 1.29 is 14.3 Å². The highest BCUT2D eigenvalue weighted by molar-refractivity contribution is 6.30. The minimum Gasteiger partial charge on any atom is -0.496 e. The van der Waals surface area contributed by atoms with Crippen molar-refractivity contribution in [2.45, 2.75) is 59.0 Å². The summed E-state index contributed by atoms with van der Waals surface area (Å²) in [4.78, 5) is 15.2. The highest BCUT2D eigenvalue weighted by Gasteiger charge is 2.16. The van der Waals surface area contributed by atoms with Gasteiger partial charge >= 0.3 is 0 Å². The van der Waals surface area contributed by atoms with E-state index in [2.05, 4.69) is 37.9 Å². The Morgan fingerprint density at radius 1 is 1.15 bits per heavy atom. The van der Waals surface area contributed by atoms with E-state index in [4.69, 9.17) is 21.1 Å². The van der Waals surface area contributed by atoms with Gasteiger partial charge in [0.25, 0.3) is 0 Å². The van der Waals surface area contributed by atoms with Crippen molar-refractivity contribution in [2.24, 2.45) is 0 Å². The fourth-order valence-electron chi connectivity index (χ4n) is 4.33. The summed E-state index contributed by atoms with van der Waals surface area (Å²) >= 11 is 6.08. The molecule has 1 aliphatic heterocycles. The molecule has 1 amide bonds. The molecule has 0 aliphatic carbocycles. The second-order valence-corrected chi connectivity index (χ2v) is 9.49. The molecular formula is C27H35ClN2O3. The lowest BCUT2D eigenvalue weighted by Crippen LogP contribution is -2.37. The number of carbonyl (C=O) groups is 1. The van der Waals surface area contributed by atoms with Gasteiger partial charge in [0.1, 0.15) is 18.1 Å². The van der Waals surface area contributed by atoms with Gasteiger partial charge in [-0.25, -0.2) is 0 Å². The molecule has 1 heterocycles. The van der Waals surface area contributed by atoms with Crippen LogP contribution >= 0.6 is 11.6 Å². The molecule has 6 heteroatoms. The van der Waals surface area contributed by atoms with E-state index in [1.807, 2.05) is 36.4 Å². The van der Waals surface area contributed by atoms with Crippen molar-refractivity contribution in [3.05, 3.63) is 58.1 Å². The van der Waals surface area contributed by atoms with Gasteiger partial charge in [-0.15, -0.1) is 0 Å². The number of nitrogens with one attached hydrogen (secondary N) is 1. The quantitative estimate of drug-likeness (QED) is 0.448. The topological polar surface area (TPSA) is 50.8 Å². The van der Waals surface area contributed by atoms with Crippen LogP contribution in [0.4, 0.5) is 5.69 Å². The first kappa shape index (κ1) is 25.1. The number of anilines is 1. The number of rotatable bonds is 10. The normalized spacial score (nSPS) is 13.1. The summed E-state index contributed by atoms with van der Waals surface area (Å²) < 4.78 is 11.3. The molecule has 5 nitrogen and oxygen atoms in total. The number of methoxy groups -OCH3 is 1. The molecule has 0 saturated heterocycles. The minimum atomic E-state index is -0.0720. The molecule has 0 unspecified atom stereocenters. The minimum absolute atomic E-state index is 0.0720. The monoisotopic (exact) mass is 470 g/mol. The van der Waals surface area contributed by atoms with Gasteiger partial charge in [-0.1, -0.05) is 11.6 Å². The molecule has 0 bridgehead atoms. The van der Waals surface area contributed by atoms with E-state index < -0.39 is 0 Å². The third-order valence-electron chi connectivity index (χ3n) is 5.89. The zero-order valence-electron chi connectivity index (χ0n) is 20.3. The standard InChI is InChI=1S/C27H35ClN2O3/c1-18(2)30(19(3)4)12-6-7-21-16-24(9-11-25(21)32-5)29-27(31)14-20-13-22-15-23(28)8-10-26(22)33-17-20/h8-11,13,15-16,18-19H,6-7,12,14,17H2,1-5H3,(H,29,31). The molecule has 0 atom stereocenters. The zero-order valence-corrected chi connectivity index (χ0v) is 21.0. The number of aryl methyl sites for hydroxylation is 1. The van der Waals surface area contributed by atoms with Crippen LogP contribution in [0.3, 0.4) is 0 Å². The van der Waals surface area contributed by atoms with Crippen LogP contribution in [0.5, 0.6) is 11.5 Å². The number of benzene rings is 2. The molecule has 33 heavy (non-hydrogen) atoms. The fourth-order valence-corrected chi connectivity index (χ4v) is 4.51. The average Bonchev–Trinajstić information content (AvgIpc) is 2.76. The Balaban J connectivity index is 1.62. The van der Waals surface area contributed by atoms with E-state index in [0.717, 1.165) is 53.3 Å². The summed E-state index contributed by atoms with van der Waals surface area (Å²) in [6.07, 6.45) is 4.17. The number of hydrogen-bond acceptors (Lipinski definition) is 4. The first-order valence-corrected chi connectivity index (χ1v) is 12.0. The number of nitrogens with zero attached hydrogens (tertiary/aromatic N) is 1. The van der Waals surface area contributed by atoms with Gasteiger partial charge in [0, 0.05) is 28.4 Å². The number of ether oxygens (including phenoxy) is 2. The van der Waals surface area contributed by atoms with Crippen molar-refractivity contribution in [3.63, 3.8) is 0 Å². The average molecular weight is 471 g/mol. The zero-order chi connectivity index (χ0) is 24.0. The first-order valence-electron chi connectivity index (χ1n) is 11.6. The molecule has 1 N–H and O–H groups in total. The van der Waals surface area contributed by atoms with Crippen molar-refractivity contribution in [3.8, 4) is 11.5 Å². The summed E-state index contributed by atoms with van der Waals surface area (Å²) in [5, 5.41) is 3.67. The second-order valence-electron chi connectivity index (χ2n) is 9.05. The molecule has 178 valence electrons. The number of amides is 1. The molecular weight excluding hydrogens is 436 g/mol. The Labute approximate surface area is 202 Å². The van der Waals surface area contributed by atoms with Crippen LogP contribution in [-0.4, -0.2) is 43.2 Å². The molecule has 1 aliphatic rings. The van der Waals surface area contributed by atoms with E-state index in [-0.39, 0.29) is 12.3 Å². The number of fused-ring (bicyclic) bond motifs is 1. The van der Waals surface area contributed by atoms with E-state index >= 15 is 0 Å². The Hall–Kier alpha value is -2.50. The van der Waals surface area contributed by atoms with Crippen LogP contribution in [0.15, 0.2) is 42.0 Å². The third kappa shape index (κ3) is 6.99. The Morgan fingerprint density at radius 2 is 1.91 bits per heavy atom. The fraction of sp³-hybridized carbons (Fsp3) is 0.444. The Bertz CT molecular complexity index is 993. The summed E-state index contributed by atoms with van der Waals surface area (Å²) in [6.45, 7) is 10.4. The molecule has 2 aromatic carbocycles. The van der Waals surface area contributed by atoms with Crippen LogP contribution < -0.4 is 14.8 Å². The SMILES string of the molecule is COc1ccc(NC(=O)CC2=Cc3cc(Cl)ccc3OC2)cc1CCCN(C(C)C)C(C)C. The van der Waals surface area contributed by atoms with E-state index in [1.165, 1.54) is 0 Å². The lowest BCUT2D eigenvalue weighted by Gasteiger charge is -2.30. The van der Waals surface area contributed by atoms with Crippen molar-refractivity contribution in [1.29, 1.82) is 0 Å². The Morgan fingerprint density at radius 3 is 2.61 bits per heavy atom. The number of halogens is 1. The molecule has 3 rings (SSSR count). The molecule has 0 spiro atoms. The number of carbonyl (C=O) groups excluding carboxylic acids is 1. The van der Waals surface area contributed by atoms with Gasteiger partial charge in [0.05, 0.1) is 13.5 Å². The molecule has 0 saturated carbocycles. The van der Waals surface area contributed by atoms with Gasteiger partial charge in [-0.05, 0) is 101 Å². The van der Waals surface area contributed by atoms with E-state index in [9.17, 15) is 4.79 Å². The second kappa shape index (κ2) is 11.6. The van der Waals surface area contributed by atoms with Crippen LogP contribution in [0.25, 0.3) is 6.08 Å². The maximum atomic E-state index is 12.7. The lowest BCUT2D eigenvalue weighted by atomic mass is 10.0. The largest absolute Gasteiger partial charge is 0.496 e. The highest BCUT2D eigenvalue weighted by atomic mass is 35.5. The maximum absolute atomic E-state index is 12.7. The Kier molecular flexibility index (Phi) is 8.81. The van der Waals surface area contributed by atoms with Crippen LogP contribution in [0.1, 0.15) is 51.7 Å². The van der Waals surface area contributed by atoms with Gasteiger partial charge in [0.15, 0.2) is 0 Å². The van der Waals surface area contributed by atoms with Crippen LogP contribution in [-0.2, 0) is 11.2 Å². The van der Waals surface area contributed by atoms with Gasteiger partial charge in [-0.2, -0.15) is 0 Å². The van der Waals surface area contributed by atoms with Crippen molar-refractivity contribution >= 4 is 29.3 Å². The van der Waals surface area contributed by atoms with E-state index in [1.54, 1.807) is 13.2 Å². The smallest absolute Gasteiger partial charge is 0.228 e. The molecule has 0 aromatic heterocycles. The lowest BCUT2D eigenvalue weighted by molar-refractivity contribution is -0.115. The third-order valence-corrected chi connectivity index (χ3v) is 6.12. The highest BCUT2D eigenvalue weighted by Crippen LogP contribution is 2.30. The summed E-state index contributed by atoms with van der Waals surface area (Å²) in [5.74, 6) is 1.57. The van der Waals surface area contributed by atoms with Crippen molar-refractivity contribution in [1.82, 2.24) is 4.90 Å².